The van der Waals surface area contributed by atoms with Gasteiger partial charge in [-0.05, 0) is 55.2 Å². The van der Waals surface area contributed by atoms with Crippen LogP contribution in [-0.2, 0) is 16.6 Å². The zero-order chi connectivity index (χ0) is 22.6. The van der Waals surface area contributed by atoms with Gasteiger partial charge in [-0.25, -0.2) is 18.1 Å². The van der Waals surface area contributed by atoms with Crippen LogP contribution in [0.2, 0.25) is 0 Å². The lowest BCUT2D eigenvalue weighted by molar-refractivity contribution is 0.102. The van der Waals surface area contributed by atoms with Gasteiger partial charge in [-0.2, -0.15) is 0 Å². The van der Waals surface area contributed by atoms with Crippen LogP contribution in [0.3, 0.4) is 0 Å². The van der Waals surface area contributed by atoms with Gasteiger partial charge in [0.15, 0.2) is 0 Å². The van der Waals surface area contributed by atoms with E-state index in [2.05, 4.69) is 19.9 Å². The van der Waals surface area contributed by atoms with E-state index in [9.17, 15) is 13.2 Å². The van der Waals surface area contributed by atoms with Crippen LogP contribution in [0.5, 0.6) is 0 Å². The van der Waals surface area contributed by atoms with Crippen molar-refractivity contribution in [3.05, 3.63) is 83.6 Å². The maximum atomic E-state index is 12.9. The largest absolute Gasteiger partial charge is 0.357 e. The third-order valence-corrected chi connectivity index (χ3v) is 7.03. The van der Waals surface area contributed by atoms with E-state index < -0.39 is 10.0 Å². The van der Waals surface area contributed by atoms with Crippen molar-refractivity contribution in [3.8, 4) is 0 Å². The zero-order valence-corrected chi connectivity index (χ0v) is 18.7. The van der Waals surface area contributed by atoms with Gasteiger partial charge < -0.3 is 10.2 Å². The van der Waals surface area contributed by atoms with Crippen molar-refractivity contribution >= 4 is 27.4 Å². The number of carbonyl (C=O) groups excluding carboxylic acids is 1. The van der Waals surface area contributed by atoms with E-state index in [-0.39, 0.29) is 22.9 Å². The number of rotatable bonds is 7. The molecule has 1 amide bonds. The summed E-state index contributed by atoms with van der Waals surface area (Å²) >= 11 is 0. The molecule has 1 fully saturated rings. The van der Waals surface area contributed by atoms with Crippen LogP contribution in [0.25, 0.3) is 0 Å². The molecule has 0 saturated carbocycles. The summed E-state index contributed by atoms with van der Waals surface area (Å²) in [5, 5.41) is 2.80. The lowest BCUT2D eigenvalue weighted by atomic mass is 10.1. The van der Waals surface area contributed by atoms with Gasteiger partial charge in [-0.15, -0.1) is 0 Å². The number of amides is 1. The third-order valence-electron chi connectivity index (χ3n) is 5.48. The fourth-order valence-electron chi connectivity index (χ4n) is 3.68. The summed E-state index contributed by atoms with van der Waals surface area (Å²) in [6, 6.07) is 17.6. The molecule has 2 N–H and O–H groups in total. The monoisotopic (exact) mass is 450 g/mol. The molecule has 166 valence electrons. The molecule has 0 bridgehead atoms. The minimum atomic E-state index is -3.78. The summed E-state index contributed by atoms with van der Waals surface area (Å²) in [7, 11) is -3.78. The molecule has 1 saturated heterocycles. The Morgan fingerprint density at radius 2 is 1.78 bits per heavy atom. The number of aromatic nitrogens is 1. The molecule has 0 atom stereocenters. The van der Waals surface area contributed by atoms with Crippen molar-refractivity contribution < 1.29 is 13.2 Å². The van der Waals surface area contributed by atoms with Crippen molar-refractivity contribution in [2.75, 3.05) is 23.3 Å². The average Bonchev–Trinajstić information content (AvgIpc) is 3.34. The van der Waals surface area contributed by atoms with Gasteiger partial charge in [-0.1, -0.05) is 36.4 Å². The van der Waals surface area contributed by atoms with Gasteiger partial charge in [-0.3, -0.25) is 4.79 Å². The van der Waals surface area contributed by atoms with Gasteiger partial charge >= 0.3 is 0 Å². The lowest BCUT2D eigenvalue weighted by Gasteiger charge is -2.16. The third kappa shape index (κ3) is 5.15. The van der Waals surface area contributed by atoms with Crippen molar-refractivity contribution in [2.24, 2.45) is 0 Å². The maximum absolute atomic E-state index is 12.9. The van der Waals surface area contributed by atoms with E-state index in [0.717, 1.165) is 24.5 Å². The second-order valence-corrected chi connectivity index (χ2v) is 9.58. The Labute approximate surface area is 188 Å². The molecular formula is C24H26N4O3S. The first-order valence-corrected chi connectivity index (χ1v) is 12.1. The average molecular weight is 451 g/mol. The summed E-state index contributed by atoms with van der Waals surface area (Å²) in [6.07, 6.45) is 3.96. The second kappa shape index (κ2) is 9.50. The first kappa shape index (κ1) is 22.0. The van der Waals surface area contributed by atoms with Gasteiger partial charge in [0.25, 0.3) is 5.91 Å². The second-order valence-electron chi connectivity index (χ2n) is 7.84. The number of hydrogen-bond donors (Lipinski definition) is 2. The molecule has 8 heteroatoms. The standard InChI is InChI=1S/C24H26N4O3S/c1-18-9-10-20(15-22(18)32(30,31)26-16-19-7-3-2-4-8-19)24(29)27-21-11-12-23(25-17-21)28-13-5-6-14-28/h2-4,7-12,15,17,26H,5-6,13-14,16H2,1H3,(H,27,29). The highest BCUT2D eigenvalue weighted by Crippen LogP contribution is 2.21. The number of anilines is 2. The van der Waals surface area contributed by atoms with Crippen LogP contribution in [0.15, 0.2) is 71.8 Å². The van der Waals surface area contributed by atoms with E-state index in [1.54, 1.807) is 25.3 Å². The Kier molecular flexibility index (Phi) is 6.53. The molecular weight excluding hydrogens is 424 g/mol. The molecule has 2 heterocycles. The molecule has 0 radical (unpaired) electrons. The summed E-state index contributed by atoms with van der Waals surface area (Å²) < 4.78 is 28.3. The van der Waals surface area contributed by atoms with E-state index in [1.165, 1.54) is 18.9 Å². The Morgan fingerprint density at radius 1 is 1.03 bits per heavy atom. The van der Waals surface area contributed by atoms with Crippen LogP contribution < -0.4 is 14.9 Å². The van der Waals surface area contributed by atoms with Crippen molar-refractivity contribution in [1.29, 1.82) is 0 Å². The Balaban J connectivity index is 1.47. The van der Waals surface area contributed by atoms with E-state index in [4.69, 9.17) is 0 Å². The molecule has 2 aromatic carbocycles. The normalized spacial score (nSPS) is 13.8. The smallest absolute Gasteiger partial charge is 0.255 e. The van der Waals surface area contributed by atoms with E-state index in [0.29, 0.717) is 11.3 Å². The highest BCUT2D eigenvalue weighted by molar-refractivity contribution is 7.89. The zero-order valence-electron chi connectivity index (χ0n) is 17.9. The van der Waals surface area contributed by atoms with E-state index in [1.807, 2.05) is 42.5 Å². The van der Waals surface area contributed by atoms with Gasteiger partial charge in [0, 0.05) is 25.2 Å². The molecule has 0 spiro atoms. The number of aryl methyl sites for hydroxylation is 1. The van der Waals surface area contributed by atoms with Crippen LogP contribution in [-0.4, -0.2) is 32.4 Å². The SMILES string of the molecule is Cc1ccc(C(=O)Nc2ccc(N3CCCC3)nc2)cc1S(=O)(=O)NCc1ccccc1. The number of sulfonamides is 1. The molecule has 3 aromatic rings. The van der Waals surface area contributed by atoms with Crippen molar-refractivity contribution in [2.45, 2.75) is 31.2 Å². The summed E-state index contributed by atoms with van der Waals surface area (Å²) in [6.45, 7) is 3.88. The molecule has 32 heavy (non-hydrogen) atoms. The quantitative estimate of drug-likeness (QED) is 0.572. The van der Waals surface area contributed by atoms with Crippen LogP contribution in [0.4, 0.5) is 11.5 Å². The first-order valence-electron chi connectivity index (χ1n) is 10.6. The Hall–Kier alpha value is -3.23. The highest BCUT2D eigenvalue weighted by atomic mass is 32.2. The molecule has 0 aliphatic carbocycles. The Bertz CT molecular complexity index is 1190. The fourth-order valence-corrected chi connectivity index (χ4v) is 4.97. The molecule has 1 aliphatic rings. The number of hydrogen-bond acceptors (Lipinski definition) is 5. The molecule has 4 rings (SSSR count). The summed E-state index contributed by atoms with van der Waals surface area (Å²) in [5.41, 5.74) is 2.25. The number of pyridine rings is 1. The van der Waals surface area contributed by atoms with Gasteiger partial charge in [0.05, 0.1) is 16.8 Å². The first-order chi connectivity index (χ1) is 15.4. The summed E-state index contributed by atoms with van der Waals surface area (Å²) in [4.78, 5) is 19.5. The molecule has 1 aliphatic heterocycles. The minimum absolute atomic E-state index is 0.0867. The topological polar surface area (TPSA) is 91.4 Å². The number of nitrogens with one attached hydrogen (secondary N) is 2. The number of benzene rings is 2. The van der Waals surface area contributed by atoms with Crippen LogP contribution in [0, 0.1) is 6.92 Å². The highest BCUT2D eigenvalue weighted by Gasteiger charge is 2.19. The maximum Gasteiger partial charge on any atom is 0.255 e. The van der Waals surface area contributed by atoms with Crippen molar-refractivity contribution in [3.63, 3.8) is 0 Å². The van der Waals surface area contributed by atoms with Crippen LogP contribution in [0.1, 0.15) is 34.3 Å². The van der Waals surface area contributed by atoms with Gasteiger partial charge in [0.2, 0.25) is 10.0 Å². The van der Waals surface area contributed by atoms with Crippen LogP contribution >= 0.6 is 0 Å². The molecule has 1 aromatic heterocycles. The van der Waals surface area contributed by atoms with Crippen molar-refractivity contribution in [1.82, 2.24) is 9.71 Å². The Morgan fingerprint density at radius 3 is 2.47 bits per heavy atom. The van der Waals surface area contributed by atoms with Gasteiger partial charge in [0.1, 0.15) is 5.82 Å². The predicted molar refractivity (Wildman–Crippen MR) is 125 cm³/mol. The number of carbonyl (C=O) groups is 1. The molecule has 0 unspecified atom stereocenters. The number of nitrogens with zero attached hydrogens (tertiary/aromatic N) is 2. The minimum Gasteiger partial charge on any atom is -0.357 e. The molecule has 7 nitrogen and oxygen atoms in total. The lowest BCUT2D eigenvalue weighted by Crippen LogP contribution is -2.24. The summed E-state index contributed by atoms with van der Waals surface area (Å²) in [5.74, 6) is 0.508. The predicted octanol–water partition coefficient (Wildman–Crippen LogP) is 3.72. The van der Waals surface area contributed by atoms with E-state index >= 15 is 0 Å². The fraction of sp³-hybridized carbons (Fsp3) is 0.250.